The van der Waals surface area contributed by atoms with Crippen molar-refractivity contribution in [2.24, 2.45) is 0 Å². The fourth-order valence-corrected chi connectivity index (χ4v) is 5.06. The standard InChI is InChI=1S/C28H35N7S/c36-28(29-15-9-12-23-10-3-1-4-11-23)32-27-30-25(34-16-7-8-17-34)22-26(31-27)35-20-18-33(19-21-35)24-13-5-2-6-14-24/h1-6,10-11,13-14,22H,7-9,12,15-21H2,(H2,29,30,31,32,36). The minimum absolute atomic E-state index is 0.570. The molecule has 2 saturated heterocycles. The molecule has 2 aliphatic rings. The molecule has 2 aliphatic heterocycles. The second-order valence-electron chi connectivity index (χ2n) is 9.38. The van der Waals surface area contributed by atoms with Gasteiger partial charge in [-0.1, -0.05) is 48.5 Å². The number of piperazine rings is 1. The molecule has 2 N–H and O–H groups in total. The van der Waals surface area contributed by atoms with E-state index >= 15 is 0 Å². The minimum Gasteiger partial charge on any atom is -0.368 e. The number of para-hydroxylation sites is 1. The molecule has 0 unspecified atom stereocenters. The highest BCUT2D eigenvalue weighted by Crippen LogP contribution is 2.26. The predicted molar refractivity (Wildman–Crippen MR) is 153 cm³/mol. The van der Waals surface area contributed by atoms with Crippen molar-refractivity contribution in [3.05, 3.63) is 72.3 Å². The molecule has 2 aromatic carbocycles. The highest BCUT2D eigenvalue weighted by atomic mass is 32.1. The number of anilines is 4. The van der Waals surface area contributed by atoms with Gasteiger partial charge in [-0.15, -0.1) is 0 Å². The van der Waals surface area contributed by atoms with Gasteiger partial charge in [0.25, 0.3) is 0 Å². The average Bonchev–Trinajstić information content (AvgIpc) is 3.48. The summed E-state index contributed by atoms with van der Waals surface area (Å²) in [6.07, 6.45) is 4.45. The zero-order valence-electron chi connectivity index (χ0n) is 20.8. The molecular formula is C28H35N7S. The number of thiocarbonyl (C=S) groups is 1. The SMILES string of the molecule is S=C(NCCCc1ccccc1)Nc1nc(N2CCCC2)cc(N2CCN(c3ccccc3)CC2)n1. The van der Waals surface area contributed by atoms with Crippen LogP contribution in [0.4, 0.5) is 23.3 Å². The lowest BCUT2D eigenvalue weighted by Gasteiger charge is -2.37. The van der Waals surface area contributed by atoms with Crippen molar-refractivity contribution in [1.29, 1.82) is 0 Å². The lowest BCUT2D eigenvalue weighted by atomic mass is 10.1. The van der Waals surface area contributed by atoms with E-state index in [1.165, 1.54) is 24.1 Å². The molecule has 36 heavy (non-hydrogen) atoms. The van der Waals surface area contributed by atoms with Gasteiger partial charge in [-0.2, -0.15) is 9.97 Å². The Morgan fingerprint density at radius 3 is 2.00 bits per heavy atom. The molecule has 0 amide bonds. The van der Waals surface area contributed by atoms with E-state index in [0.717, 1.165) is 70.3 Å². The number of nitrogens with one attached hydrogen (secondary N) is 2. The first-order valence-electron chi connectivity index (χ1n) is 13.0. The summed E-state index contributed by atoms with van der Waals surface area (Å²) in [7, 11) is 0. The van der Waals surface area contributed by atoms with Gasteiger partial charge in [0.05, 0.1) is 0 Å². The molecule has 188 valence electrons. The molecule has 0 spiro atoms. The van der Waals surface area contributed by atoms with E-state index in [1.807, 2.05) is 0 Å². The Morgan fingerprint density at radius 2 is 1.33 bits per heavy atom. The van der Waals surface area contributed by atoms with Crippen LogP contribution in [-0.2, 0) is 6.42 Å². The van der Waals surface area contributed by atoms with Crippen LogP contribution in [0.15, 0.2) is 66.7 Å². The third-order valence-electron chi connectivity index (χ3n) is 6.85. The van der Waals surface area contributed by atoms with Crippen molar-refractivity contribution in [1.82, 2.24) is 15.3 Å². The number of hydrogen-bond acceptors (Lipinski definition) is 6. The number of aryl methyl sites for hydroxylation is 1. The first-order valence-corrected chi connectivity index (χ1v) is 13.4. The maximum atomic E-state index is 5.58. The number of nitrogens with zero attached hydrogens (tertiary/aromatic N) is 5. The fraction of sp³-hybridized carbons (Fsp3) is 0.393. The Hall–Kier alpha value is -3.39. The van der Waals surface area contributed by atoms with Crippen molar-refractivity contribution >= 4 is 40.6 Å². The molecule has 0 aliphatic carbocycles. The summed E-state index contributed by atoms with van der Waals surface area (Å²) in [4.78, 5) is 16.9. The maximum absolute atomic E-state index is 5.58. The third-order valence-corrected chi connectivity index (χ3v) is 7.10. The van der Waals surface area contributed by atoms with Gasteiger partial charge in [0.1, 0.15) is 11.6 Å². The third kappa shape index (κ3) is 6.43. The first-order chi connectivity index (χ1) is 17.7. The fourth-order valence-electron chi connectivity index (χ4n) is 4.87. The summed E-state index contributed by atoms with van der Waals surface area (Å²) in [6, 6.07) is 23.3. The predicted octanol–water partition coefficient (Wildman–Crippen LogP) is 4.32. The van der Waals surface area contributed by atoms with Crippen molar-refractivity contribution < 1.29 is 0 Å². The molecule has 1 aromatic heterocycles. The summed E-state index contributed by atoms with van der Waals surface area (Å²) in [5.41, 5.74) is 2.63. The van der Waals surface area contributed by atoms with Crippen LogP contribution in [0.5, 0.6) is 0 Å². The first kappa shape index (κ1) is 24.3. The minimum atomic E-state index is 0.570. The second-order valence-corrected chi connectivity index (χ2v) is 9.79. The van der Waals surface area contributed by atoms with Crippen molar-refractivity contribution in [3.63, 3.8) is 0 Å². The Bertz CT molecular complexity index is 1110. The van der Waals surface area contributed by atoms with Gasteiger partial charge < -0.3 is 25.3 Å². The van der Waals surface area contributed by atoms with Crippen LogP contribution >= 0.6 is 12.2 Å². The lowest BCUT2D eigenvalue weighted by Crippen LogP contribution is -2.47. The summed E-state index contributed by atoms with van der Waals surface area (Å²) < 4.78 is 0. The Balaban J connectivity index is 1.21. The summed E-state index contributed by atoms with van der Waals surface area (Å²) in [6.45, 7) is 6.68. The molecule has 2 fully saturated rings. The van der Waals surface area contributed by atoms with Gasteiger partial charge >= 0.3 is 0 Å². The largest absolute Gasteiger partial charge is 0.368 e. The van der Waals surface area contributed by atoms with E-state index < -0.39 is 0 Å². The molecule has 0 atom stereocenters. The van der Waals surface area contributed by atoms with E-state index in [9.17, 15) is 0 Å². The van der Waals surface area contributed by atoms with Crippen LogP contribution in [0.2, 0.25) is 0 Å². The van der Waals surface area contributed by atoms with Crippen LogP contribution in [0.25, 0.3) is 0 Å². The Morgan fingerprint density at radius 1 is 0.750 bits per heavy atom. The molecule has 3 heterocycles. The zero-order valence-corrected chi connectivity index (χ0v) is 21.6. The molecule has 0 saturated carbocycles. The van der Waals surface area contributed by atoms with Crippen LogP contribution in [0.3, 0.4) is 0 Å². The highest BCUT2D eigenvalue weighted by molar-refractivity contribution is 7.80. The number of benzene rings is 2. The molecule has 8 heteroatoms. The van der Waals surface area contributed by atoms with Crippen LogP contribution in [0, 0.1) is 0 Å². The van der Waals surface area contributed by atoms with Gasteiger partial charge in [0.15, 0.2) is 5.11 Å². The summed E-state index contributed by atoms with van der Waals surface area (Å²) in [5.74, 6) is 2.52. The van der Waals surface area contributed by atoms with Crippen molar-refractivity contribution in [2.45, 2.75) is 25.7 Å². The van der Waals surface area contributed by atoms with Gasteiger partial charge in [-0.3, -0.25) is 0 Å². The van der Waals surface area contributed by atoms with Gasteiger partial charge in [0, 0.05) is 57.6 Å². The molecular weight excluding hydrogens is 466 g/mol. The molecule has 0 bridgehead atoms. The average molecular weight is 502 g/mol. The Kier molecular flexibility index (Phi) is 8.13. The molecule has 0 radical (unpaired) electrons. The number of hydrogen-bond donors (Lipinski definition) is 2. The normalized spacial score (nSPS) is 15.7. The van der Waals surface area contributed by atoms with Crippen LogP contribution in [-0.4, -0.2) is 60.9 Å². The number of rotatable bonds is 8. The second kappa shape index (κ2) is 12.0. The van der Waals surface area contributed by atoms with Gasteiger partial charge in [0.2, 0.25) is 5.95 Å². The van der Waals surface area contributed by atoms with Crippen molar-refractivity contribution in [2.75, 3.05) is 65.8 Å². The zero-order chi connectivity index (χ0) is 24.6. The molecule has 3 aromatic rings. The molecule has 7 nitrogen and oxygen atoms in total. The monoisotopic (exact) mass is 501 g/mol. The topological polar surface area (TPSA) is 59.6 Å². The Labute approximate surface area is 219 Å². The number of aromatic nitrogens is 2. The highest BCUT2D eigenvalue weighted by Gasteiger charge is 2.22. The van der Waals surface area contributed by atoms with E-state index in [0.29, 0.717) is 11.1 Å². The smallest absolute Gasteiger partial charge is 0.232 e. The van der Waals surface area contributed by atoms with Crippen LogP contribution in [0.1, 0.15) is 24.8 Å². The van der Waals surface area contributed by atoms with Crippen LogP contribution < -0.4 is 25.3 Å². The summed E-state index contributed by atoms with van der Waals surface area (Å²) >= 11 is 5.58. The maximum Gasteiger partial charge on any atom is 0.232 e. The van der Waals surface area contributed by atoms with E-state index in [-0.39, 0.29) is 0 Å². The summed E-state index contributed by atoms with van der Waals surface area (Å²) in [5, 5.41) is 7.14. The van der Waals surface area contributed by atoms with E-state index in [4.69, 9.17) is 22.2 Å². The van der Waals surface area contributed by atoms with Crippen molar-refractivity contribution in [3.8, 4) is 0 Å². The lowest BCUT2D eigenvalue weighted by molar-refractivity contribution is 0.647. The van der Waals surface area contributed by atoms with Gasteiger partial charge in [-0.25, -0.2) is 0 Å². The quantitative estimate of drug-likeness (QED) is 0.350. The molecule has 5 rings (SSSR count). The van der Waals surface area contributed by atoms with E-state index in [2.05, 4.69) is 92.1 Å². The van der Waals surface area contributed by atoms with Gasteiger partial charge in [-0.05, 0) is 55.6 Å². The van der Waals surface area contributed by atoms with E-state index in [1.54, 1.807) is 0 Å².